The molecule has 0 bridgehead atoms. The fraction of sp³-hybridized carbons (Fsp3) is 0.320. The Kier molecular flexibility index (Phi) is 6.20. The minimum Gasteiger partial charge on any atom is -0.326 e. The molecule has 1 atom stereocenters. The van der Waals surface area contributed by atoms with Gasteiger partial charge in [0, 0.05) is 35.0 Å². The number of Topliss-reactive ketones (excluding diaryl/α,β-unsaturated/α-hetero) is 1. The molecule has 1 N–H and O–H groups in total. The molecule has 1 unspecified atom stereocenters. The third-order valence-corrected chi connectivity index (χ3v) is 5.73. The Morgan fingerprint density at radius 1 is 1.03 bits per heavy atom. The highest BCUT2D eigenvalue weighted by molar-refractivity contribution is 5.98. The van der Waals surface area contributed by atoms with Gasteiger partial charge in [0.05, 0.1) is 6.04 Å². The summed E-state index contributed by atoms with van der Waals surface area (Å²) in [7, 11) is 0. The molecule has 2 heterocycles. The van der Waals surface area contributed by atoms with E-state index in [0.29, 0.717) is 23.1 Å². The van der Waals surface area contributed by atoms with Gasteiger partial charge >= 0.3 is 0 Å². The second-order valence-electron chi connectivity index (χ2n) is 7.98. The molecule has 2 aromatic heterocycles. The van der Waals surface area contributed by atoms with Crippen LogP contribution in [-0.4, -0.2) is 15.3 Å². The third kappa shape index (κ3) is 4.20. The first kappa shape index (κ1) is 21.5. The Labute approximate surface area is 176 Å². The van der Waals surface area contributed by atoms with Crippen molar-refractivity contribution < 1.29 is 4.79 Å². The molecular formula is C25H28N2O3. The molecular weight excluding hydrogens is 376 g/mol. The second kappa shape index (κ2) is 8.66. The molecule has 0 spiro atoms. The summed E-state index contributed by atoms with van der Waals surface area (Å²) in [6, 6.07) is 11.6. The number of carbonyl (C=O) groups is 1. The van der Waals surface area contributed by atoms with Crippen LogP contribution in [0, 0.1) is 27.7 Å². The van der Waals surface area contributed by atoms with Crippen LogP contribution in [0.4, 0.5) is 0 Å². The number of nitrogens with zero attached hydrogens (tertiary/aromatic N) is 1. The lowest BCUT2D eigenvalue weighted by Gasteiger charge is -2.19. The summed E-state index contributed by atoms with van der Waals surface area (Å²) in [4.78, 5) is 41.1. The lowest BCUT2D eigenvalue weighted by atomic mass is 9.95. The smallest absolute Gasteiger partial charge is 0.254 e. The second-order valence-corrected chi connectivity index (χ2v) is 7.98. The van der Waals surface area contributed by atoms with Crippen LogP contribution < -0.4 is 11.1 Å². The number of hydrogen-bond acceptors (Lipinski definition) is 3. The van der Waals surface area contributed by atoms with Crippen LogP contribution in [0.2, 0.25) is 0 Å². The van der Waals surface area contributed by atoms with E-state index in [-0.39, 0.29) is 29.4 Å². The van der Waals surface area contributed by atoms with Crippen LogP contribution in [0.15, 0.2) is 52.2 Å². The Hall–Kier alpha value is -3.21. The van der Waals surface area contributed by atoms with Gasteiger partial charge in [-0.1, -0.05) is 30.3 Å². The highest BCUT2D eigenvalue weighted by Gasteiger charge is 2.20. The van der Waals surface area contributed by atoms with Gasteiger partial charge in [-0.3, -0.25) is 14.4 Å². The van der Waals surface area contributed by atoms with Crippen LogP contribution in [-0.2, 0) is 6.42 Å². The minimum absolute atomic E-state index is 0.110. The number of aromatic amines is 1. The maximum Gasteiger partial charge on any atom is 0.254 e. The van der Waals surface area contributed by atoms with Gasteiger partial charge in [-0.2, -0.15) is 0 Å². The molecule has 0 amide bonds. The Morgan fingerprint density at radius 2 is 1.70 bits per heavy atom. The van der Waals surface area contributed by atoms with Gasteiger partial charge in [0.25, 0.3) is 11.1 Å². The summed E-state index contributed by atoms with van der Waals surface area (Å²) in [5.74, 6) is -0.110. The lowest BCUT2D eigenvalue weighted by molar-refractivity contribution is 0.0981. The fourth-order valence-corrected chi connectivity index (χ4v) is 4.09. The largest absolute Gasteiger partial charge is 0.326 e. The number of aryl methyl sites for hydroxylation is 3. The average molecular weight is 405 g/mol. The van der Waals surface area contributed by atoms with Crippen LogP contribution in [0.3, 0.4) is 0 Å². The first-order valence-corrected chi connectivity index (χ1v) is 10.2. The van der Waals surface area contributed by atoms with Gasteiger partial charge in [0.1, 0.15) is 0 Å². The number of nitrogens with one attached hydrogen (secondary N) is 1. The first-order valence-electron chi connectivity index (χ1n) is 10.2. The van der Waals surface area contributed by atoms with Gasteiger partial charge in [-0.15, -0.1) is 0 Å². The zero-order valence-corrected chi connectivity index (χ0v) is 18.2. The van der Waals surface area contributed by atoms with Gasteiger partial charge < -0.3 is 9.55 Å². The lowest BCUT2D eigenvalue weighted by Crippen LogP contribution is -2.28. The van der Waals surface area contributed by atoms with Crippen molar-refractivity contribution in [1.82, 2.24) is 9.55 Å². The van der Waals surface area contributed by atoms with Crippen molar-refractivity contribution in [2.24, 2.45) is 0 Å². The number of carbonyl (C=O) groups excluding carboxylic acids is 1. The molecule has 0 aliphatic rings. The van der Waals surface area contributed by atoms with E-state index in [2.05, 4.69) is 4.98 Å². The Morgan fingerprint density at radius 3 is 2.33 bits per heavy atom. The summed E-state index contributed by atoms with van der Waals surface area (Å²) in [6.07, 6.45) is 2.30. The Bertz CT molecular complexity index is 1200. The van der Waals surface area contributed by atoms with Crippen molar-refractivity contribution in [3.05, 3.63) is 102 Å². The zero-order valence-electron chi connectivity index (χ0n) is 18.2. The molecule has 3 rings (SSSR count). The van der Waals surface area contributed by atoms with Gasteiger partial charge in [0.2, 0.25) is 0 Å². The molecule has 0 radical (unpaired) electrons. The summed E-state index contributed by atoms with van der Waals surface area (Å²) in [5.41, 5.74) is 4.72. The van der Waals surface area contributed by atoms with Crippen molar-refractivity contribution in [2.75, 3.05) is 0 Å². The van der Waals surface area contributed by atoms with Crippen LogP contribution in [0.5, 0.6) is 0 Å². The highest BCUT2D eigenvalue weighted by atomic mass is 16.1. The summed E-state index contributed by atoms with van der Waals surface area (Å²) in [5, 5.41) is 0. The number of pyridine rings is 2. The van der Waals surface area contributed by atoms with Crippen molar-refractivity contribution >= 4 is 5.78 Å². The van der Waals surface area contributed by atoms with E-state index in [0.717, 1.165) is 22.4 Å². The molecule has 0 saturated heterocycles. The number of aromatic nitrogens is 2. The average Bonchev–Trinajstić information content (AvgIpc) is 2.70. The molecule has 5 nitrogen and oxygen atoms in total. The Balaban J connectivity index is 1.90. The number of ketones is 1. The van der Waals surface area contributed by atoms with E-state index < -0.39 is 0 Å². The van der Waals surface area contributed by atoms with Crippen molar-refractivity contribution in [3.8, 4) is 0 Å². The third-order valence-electron chi connectivity index (χ3n) is 5.73. The van der Waals surface area contributed by atoms with E-state index in [4.69, 9.17) is 0 Å². The van der Waals surface area contributed by atoms with E-state index in [1.54, 1.807) is 17.7 Å². The summed E-state index contributed by atoms with van der Waals surface area (Å²) in [6.45, 7) is 9.26. The standard InChI is InChI=1S/C25H28N2O3/c1-15-13-17(3)26-24(29)21(15)11-12-22(28)23-16(2)14-27(25(30)18(23)4)19(5)20-9-7-6-8-10-20/h6-10,13-14,19H,11-12H2,1-5H3,(H,26,29). The normalized spacial score (nSPS) is 12.0. The van der Waals surface area contributed by atoms with Gasteiger partial charge in [-0.25, -0.2) is 0 Å². The number of H-pyrrole nitrogens is 1. The summed E-state index contributed by atoms with van der Waals surface area (Å²) >= 11 is 0. The maximum atomic E-state index is 13.0. The predicted octanol–water partition coefficient (Wildman–Crippen LogP) is 4.20. The van der Waals surface area contributed by atoms with Crippen LogP contribution in [0.1, 0.15) is 63.3 Å². The SMILES string of the molecule is Cc1cc(C)c(CCC(=O)c2c(C)cn(C(C)c3ccccc3)c(=O)c2C)c(=O)[nH]1. The molecule has 5 heteroatoms. The quantitative estimate of drug-likeness (QED) is 0.626. The molecule has 156 valence electrons. The number of benzene rings is 1. The minimum atomic E-state index is -0.162. The zero-order chi connectivity index (χ0) is 22.0. The number of rotatable bonds is 6. The molecule has 0 aliphatic heterocycles. The van der Waals surface area contributed by atoms with Gasteiger partial charge in [0.15, 0.2) is 5.78 Å². The molecule has 0 saturated carbocycles. The maximum absolute atomic E-state index is 13.0. The molecule has 0 fully saturated rings. The molecule has 1 aromatic carbocycles. The molecule has 30 heavy (non-hydrogen) atoms. The predicted molar refractivity (Wildman–Crippen MR) is 120 cm³/mol. The van der Waals surface area contributed by atoms with Crippen LogP contribution in [0.25, 0.3) is 0 Å². The van der Waals surface area contributed by atoms with E-state index in [9.17, 15) is 14.4 Å². The number of hydrogen-bond donors (Lipinski definition) is 1. The van der Waals surface area contributed by atoms with Gasteiger partial charge in [-0.05, 0) is 63.8 Å². The summed E-state index contributed by atoms with van der Waals surface area (Å²) < 4.78 is 1.69. The fourth-order valence-electron chi connectivity index (χ4n) is 4.09. The molecule has 0 aliphatic carbocycles. The first-order chi connectivity index (χ1) is 14.2. The van der Waals surface area contributed by atoms with E-state index >= 15 is 0 Å². The van der Waals surface area contributed by atoms with Crippen molar-refractivity contribution in [3.63, 3.8) is 0 Å². The van der Waals surface area contributed by atoms with E-state index in [1.807, 2.05) is 64.1 Å². The highest BCUT2D eigenvalue weighted by Crippen LogP contribution is 2.20. The monoisotopic (exact) mass is 404 g/mol. The van der Waals surface area contributed by atoms with Crippen molar-refractivity contribution in [1.29, 1.82) is 0 Å². The topological polar surface area (TPSA) is 71.9 Å². The van der Waals surface area contributed by atoms with Crippen LogP contribution >= 0.6 is 0 Å². The molecule has 3 aromatic rings. The van der Waals surface area contributed by atoms with Crippen molar-refractivity contribution in [2.45, 2.75) is 53.5 Å². The van der Waals surface area contributed by atoms with E-state index in [1.165, 1.54) is 0 Å².